The van der Waals surface area contributed by atoms with Crippen molar-refractivity contribution >= 4 is 28.6 Å². The molecule has 0 bridgehead atoms. The highest BCUT2D eigenvalue weighted by atomic mass is 32.2. The molecule has 4 nitrogen and oxygen atoms in total. The molecule has 0 unspecified atom stereocenters. The van der Waals surface area contributed by atoms with Crippen LogP contribution >= 0.6 is 11.8 Å². The number of rotatable bonds is 3. The molecule has 25 heavy (non-hydrogen) atoms. The number of amides is 1. The summed E-state index contributed by atoms with van der Waals surface area (Å²) < 4.78 is 0. The van der Waals surface area contributed by atoms with Gasteiger partial charge in [0.2, 0.25) is 5.91 Å². The summed E-state index contributed by atoms with van der Waals surface area (Å²) in [6, 6.07) is 16.3. The molecule has 0 fully saturated rings. The van der Waals surface area contributed by atoms with Crippen LogP contribution in [0.3, 0.4) is 0 Å². The first-order valence-electron chi connectivity index (χ1n) is 8.44. The van der Waals surface area contributed by atoms with Crippen LogP contribution in [0.1, 0.15) is 18.1 Å². The number of hydrogen-bond acceptors (Lipinski definition) is 4. The molecule has 2 aromatic carbocycles. The Morgan fingerprint density at radius 2 is 1.84 bits per heavy atom. The molecule has 126 valence electrons. The van der Waals surface area contributed by atoms with Crippen LogP contribution in [-0.2, 0) is 17.8 Å². The minimum Gasteiger partial charge on any atom is -0.337 e. The summed E-state index contributed by atoms with van der Waals surface area (Å²) in [6.45, 7) is 3.44. The third-order valence-electron chi connectivity index (χ3n) is 4.58. The number of aromatic nitrogens is 2. The first-order valence-corrected chi connectivity index (χ1v) is 9.32. The van der Waals surface area contributed by atoms with Gasteiger partial charge in [0.1, 0.15) is 11.4 Å². The molecular weight excluding hydrogens is 330 g/mol. The van der Waals surface area contributed by atoms with E-state index in [1.807, 2.05) is 42.2 Å². The monoisotopic (exact) mass is 349 g/mol. The number of hydrogen-bond donors (Lipinski definition) is 0. The van der Waals surface area contributed by atoms with Crippen molar-refractivity contribution in [2.45, 2.75) is 30.2 Å². The van der Waals surface area contributed by atoms with Crippen molar-refractivity contribution in [3.8, 4) is 0 Å². The highest BCUT2D eigenvalue weighted by Gasteiger charge is 2.25. The van der Waals surface area contributed by atoms with Gasteiger partial charge in [-0.2, -0.15) is 0 Å². The Bertz CT molecular complexity index is 922. The summed E-state index contributed by atoms with van der Waals surface area (Å²) in [5, 5.41) is 1.69. The van der Waals surface area contributed by atoms with Gasteiger partial charge < -0.3 is 4.90 Å². The fourth-order valence-electron chi connectivity index (χ4n) is 3.23. The van der Waals surface area contributed by atoms with E-state index in [1.165, 1.54) is 22.9 Å². The van der Waals surface area contributed by atoms with Crippen LogP contribution in [0.4, 0.5) is 0 Å². The smallest absolute Gasteiger partial charge is 0.236 e. The summed E-state index contributed by atoms with van der Waals surface area (Å²) in [7, 11) is 0. The summed E-state index contributed by atoms with van der Waals surface area (Å²) in [5.74, 6) is 0.169. The number of carbonyl (C=O) groups is 1. The van der Waals surface area contributed by atoms with Gasteiger partial charge in [0, 0.05) is 18.5 Å². The Morgan fingerprint density at radius 1 is 1.08 bits per heavy atom. The van der Waals surface area contributed by atoms with Crippen LogP contribution in [0.5, 0.6) is 0 Å². The number of carbonyl (C=O) groups excluding carboxylic acids is 1. The van der Waals surface area contributed by atoms with Gasteiger partial charge in [0.15, 0.2) is 0 Å². The molecule has 1 aliphatic heterocycles. The predicted molar refractivity (Wildman–Crippen MR) is 100 cm³/mol. The quantitative estimate of drug-likeness (QED) is 0.534. The van der Waals surface area contributed by atoms with E-state index in [1.54, 1.807) is 6.33 Å². The van der Waals surface area contributed by atoms with Crippen molar-refractivity contribution in [2.75, 3.05) is 6.54 Å². The molecule has 0 radical (unpaired) electrons. The normalized spacial score (nSPS) is 15.0. The van der Waals surface area contributed by atoms with Gasteiger partial charge in [-0.1, -0.05) is 54.2 Å². The van der Waals surface area contributed by atoms with Crippen molar-refractivity contribution in [1.82, 2.24) is 14.9 Å². The van der Waals surface area contributed by atoms with E-state index in [0.717, 1.165) is 28.9 Å². The first kappa shape index (κ1) is 16.1. The van der Waals surface area contributed by atoms with Crippen molar-refractivity contribution in [1.29, 1.82) is 0 Å². The number of benzene rings is 2. The van der Waals surface area contributed by atoms with E-state index < -0.39 is 0 Å². The lowest BCUT2D eigenvalue weighted by atomic mass is 10.00. The third-order valence-corrected chi connectivity index (χ3v) is 5.69. The Kier molecular flexibility index (Phi) is 4.40. The Labute approximate surface area is 151 Å². The topological polar surface area (TPSA) is 46.1 Å². The van der Waals surface area contributed by atoms with E-state index >= 15 is 0 Å². The van der Waals surface area contributed by atoms with Gasteiger partial charge >= 0.3 is 0 Å². The maximum Gasteiger partial charge on any atom is 0.236 e. The molecule has 0 N–H and O–H groups in total. The van der Waals surface area contributed by atoms with Crippen molar-refractivity contribution in [3.63, 3.8) is 0 Å². The van der Waals surface area contributed by atoms with Crippen LogP contribution < -0.4 is 0 Å². The second-order valence-electron chi connectivity index (χ2n) is 6.23. The maximum absolute atomic E-state index is 12.9. The van der Waals surface area contributed by atoms with Gasteiger partial charge in [-0.15, -0.1) is 0 Å². The molecule has 1 aliphatic rings. The standard InChI is InChI=1S/C20H19N3OS/c1-14(25-19-17-8-4-5-9-18(17)21-13-22-19)20(24)23-11-10-15-6-2-3-7-16(15)12-23/h2-9,13-14H,10-12H2,1H3/t14-/m1/s1. The summed E-state index contributed by atoms with van der Waals surface area (Å²) in [4.78, 5) is 23.6. The largest absolute Gasteiger partial charge is 0.337 e. The van der Waals surface area contributed by atoms with Crippen LogP contribution in [0.2, 0.25) is 0 Å². The molecule has 1 amide bonds. The van der Waals surface area contributed by atoms with Crippen LogP contribution in [0.15, 0.2) is 59.9 Å². The highest BCUT2D eigenvalue weighted by molar-refractivity contribution is 8.00. The Hall–Kier alpha value is -2.40. The van der Waals surface area contributed by atoms with E-state index in [4.69, 9.17) is 0 Å². The molecule has 0 spiro atoms. The van der Waals surface area contributed by atoms with Gasteiger partial charge in [0.25, 0.3) is 0 Å². The fraction of sp³-hybridized carbons (Fsp3) is 0.250. The molecule has 0 saturated heterocycles. The second-order valence-corrected chi connectivity index (χ2v) is 7.56. The molecule has 5 heteroatoms. The molecule has 0 saturated carbocycles. The molecule has 1 atom stereocenters. The number of para-hydroxylation sites is 1. The van der Waals surface area contributed by atoms with Crippen LogP contribution in [0, 0.1) is 0 Å². The van der Waals surface area contributed by atoms with Crippen molar-refractivity contribution in [2.24, 2.45) is 0 Å². The van der Waals surface area contributed by atoms with E-state index in [9.17, 15) is 4.79 Å². The summed E-state index contributed by atoms with van der Waals surface area (Å²) in [6.07, 6.45) is 2.49. The van der Waals surface area contributed by atoms with Gasteiger partial charge in [0.05, 0.1) is 10.8 Å². The van der Waals surface area contributed by atoms with Crippen molar-refractivity contribution < 1.29 is 4.79 Å². The van der Waals surface area contributed by atoms with E-state index in [2.05, 4.69) is 28.2 Å². The van der Waals surface area contributed by atoms with E-state index in [-0.39, 0.29) is 11.2 Å². The Balaban J connectivity index is 1.51. The maximum atomic E-state index is 12.9. The fourth-order valence-corrected chi connectivity index (χ4v) is 4.23. The van der Waals surface area contributed by atoms with Crippen LogP contribution in [-0.4, -0.2) is 32.6 Å². The minimum atomic E-state index is -0.177. The zero-order valence-electron chi connectivity index (χ0n) is 14.1. The molecule has 4 rings (SSSR count). The first-order chi connectivity index (χ1) is 12.2. The SMILES string of the molecule is C[C@@H](Sc1ncnc2ccccc12)C(=O)N1CCc2ccccc2C1. The molecule has 2 heterocycles. The molecule has 0 aliphatic carbocycles. The minimum absolute atomic E-state index is 0.169. The number of thioether (sulfide) groups is 1. The number of nitrogens with zero attached hydrogens (tertiary/aromatic N) is 3. The molecule has 1 aromatic heterocycles. The van der Waals surface area contributed by atoms with Crippen molar-refractivity contribution in [3.05, 3.63) is 66.0 Å². The zero-order chi connectivity index (χ0) is 17.2. The predicted octanol–water partition coefficient (Wildman–Crippen LogP) is 3.70. The average Bonchev–Trinajstić information content (AvgIpc) is 2.67. The van der Waals surface area contributed by atoms with Crippen LogP contribution in [0.25, 0.3) is 10.9 Å². The lowest BCUT2D eigenvalue weighted by molar-refractivity contribution is -0.131. The lowest BCUT2D eigenvalue weighted by Gasteiger charge is -2.30. The molecular formula is C20H19N3OS. The summed E-state index contributed by atoms with van der Waals surface area (Å²) in [5.41, 5.74) is 3.52. The van der Waals surface area contributed by atoms with Gasteiger partial charge in [-0.3, -0.25) is 4.79 Å². The zero-order valence-corrected chi connectivity index (χ0v) is 14.9. The molecule has 3 aromatic rings. The lowest BCUT2D eigenvalue weighted by Crippen LogP contribution is -2.40. The average molecular weight is 349 g/mol. The van der Waals surface area contributed by atoms with Gasteiger partial charge in [-0.05, 0) is 30.5 Å². The number of fused-ring (bicyclic) bond motifs is 2. The third kappa shape index (κ3) is 3.24. The van der Waals surface area contributed by atoms with E-state index in [0.29, 0.717) is 6.54 Å². The Morgan fingerprint density at radius 3 is 2.72 bits per heavy atom. The summed E-state index contributed by atoms with van der Waals surface area (Å²) >= 11 is 1.51. The second kappa shape index (κ2) is 6.84. The highest BCUT2D eigenvalue weighted by Crippen LogP contribution is 2.29. The van der Waals surface area contributed by atoms with Gasteiger partial charge in [-0.25, -0.2) is 9.97 Å².